The number of nitrogens with one attached hydrogen (secondary N) is 1. The highest BCUT2D eigenvalue weighted by atomic mass is 16.5. The number of aromatic nitrogens is 1. The number of nitrogens with zero attached hydrogens (tertiary/aromatic N) is 2. The maximum Gasteiger partial charge on any atom is 0.275 e. The Balaban J connectivity index is 1.89. The van der Waals surface area contributed by atoms with Gasteiger partial charge >= 0.3 is 0 Å². The molecule has 1 N–H and O–H groups in total. The van der Waals surface area contributed by atoms with Crippen LogP contribution in [0.5, 0.6) is 0 Å². The van der Waals surface area contributed by atoms with Crippen LogP contribution in [0.4, 0.5) is 0 Å². The van der Waals surface area contributed by atoms with E-state index in [1.54, 1.807) is 25.1 Å². The van der Waals surface area contributed by atoms with Gasteiger partial charge in [-0.3, -0.25) is 4.79 Å². The van der Waals surface area contributed by atoms with E-state index >= 15 is 0 Å². The van der Waals surface area contributed by atoms with Gasteiger partial charge in [-0.25, -0.2) is 0 Å². The zero-order valence-electron chi connectivity index (χ0n) is 11.5. The lowest BCUT2D eigenvalue weighted by Gasteiger charge is -2.27. The second kappa shape index (κ2) is 6.68. The fraction of sp³-hybridized carbons (Fsp3) is 0.692. The minimum absolute atomic E-state index is 0.113. The van der Waals surface area contributed by atoms with Gasteiger partial charge in [-0.05, 0) is 19.4 Å². The molecular weight excluding hydrogens is 246 g/mol. The molecule has 1 saturated heterocycles. The smallest absolute Gasteiger partial charge is 0.275 e. The molecule has 1 atom stereocenters. The molecule has 6 heteroatoms. The molecule has 2 rings (SSSR count). The lowest BCUT2D eigenvalue weighted by Crippen LogP contribution is -2.44. The molecule has 1 aliphatic rings. The molecular formula is C13H21N3O3. The van der Waals surface area contributed by atoms with Gasteiger partial charge in [0.05, 0.1) is 0 Å². The van der Waals surface area contributed by atoms with E-state index in [9.17, 15) is 4.79 Å². The lowest BCUT2D eigenvalue weighted by atomic mass is 10.0. The van der Waals surface area contributed by atoms with Gasteiger partial charge in [0, 0.05) is 32.8 Å². The Labute approximate surface area is 113 Å². The van der Waals surface area contributed by atoms with Crippen molar-refractivity contribution in [1.82, 2.24) is 15.4 Å². The minimum atomic E-state index is -0.113. The van der Waals surface area contributed by atoms with E-state index in [2.05, 4.69) is 10.5 Å². The summed E-state index contributed by atoms with van der Waals surface area (Å²) in [5.41, 5.74) is 0.338. The summed E-state index contributed by atoms with van der Waals surface area (Å²) in [5.74, 6) is 0.452. The zero-order valence-corrected chi connectivity index (χ0v) is 11.5. The number of hydrogen-bond acceptors (Lipinski definition) is 5. The van der Waals surface area contributed by atoms with Crippen LogP contribution in [0.1, 0.15) is 35.5 Å². The Hall–Kier alpha value is -1.40. The summed E-state index contributed by atoms with van der Waals surface area (Å²) in [6.07, 6.45) is 3.56. The van der Waals surface area contributed by atoms with Gasteiger partial charge < -0.3 is 19.5 Å². The van der Waals surface area contributed by atoms with E-state index in [1.165, 1.54) is 12.8 Å². The highest BCUT2D eigenvalue weighted by Gasteiger charge is 2.21. The van der Waals surface area contributed by atoms with Gasteiger partial charge in [0.15, 0.2) is 11.5 Å². The summed E-state index contributed by atoms with van der Waals surface area (Å²) >= 11 is 0. The first-order chi connectivity index (χ1) is 9.20. The first kappa shape index (κ1) is 14.0. The molecule has 0 spiro atoms. The summed E-state index contributed by atoms with van der Waals surface area (Å²) in [7, 11) is 3.37. The Morgan fingerprint density at radius 1 is 1.63 bits per heavy atom. The van der Waals surface area contributed by atoms with Crippen molar-refractivity contribution in [2.24, 2.45) is 0 Å². The molecule has 1 unspecified atom stereocenters. The van der Waals surface area contributed by atoms with Crippen LogP contribution < -0.4 is 5.32 Å². The molecule has 19 heavy (non-hydrogen) atoms. The first-order valence-corrected chi connectivity index (χ1v) is 6.64. The molecule has 106 valence electrons. The zero-order chi connectivity index (χ0) is 13.7. The van der Waals surface area contributed by atoms with Crippen molar-refractivity contribution in [1.29, 1.82) is 0 Å². The number of rotatable bonds is 5. The van der Waals surface area contributed by atoms with Crippen molar-refractivity contribution in [3.8, 4) is 0 Å². The molecule has 1 aromatic rings. The number of ether oxygens (including phenoxy) is 1. The van der Waals surface area contributed by atoms with Crippen LogP contribution in [-0.2, 0) is 11.3 Å². The van der Waals surface area contributed by atoms with Crippen molar-refractivity contribution in [3.05, 3.63) is 17.5 Å². The van der Waals surface area contributed by atoms with E-state index in [-0.39, 0.29) is 5.91 Å². The van der Waals surface area contributed by atoms with Gasteiger partial charge in [-0.15, -0.1) is 0 Å². The molecule has 2 heterocycles. The maximum absolute atomic E-state index is 12.2. The normalized spacial score (nSPS) is 19.4. The van der Waals surface area contributed by atoms with Crippen LogP contribution in [0.2, 0.25) is 0 Å². The SMILES string of the molecule is COCc1cc(C(=O)N(C)CC2CCCCN2)no1. The van der Waals surface area contributed by atoms with Gasteiger partial charge in [0.2, 0.25) is 0 Å². The third kappa shape index (κ3) is 3.78. The maximum atomic E-state index is 12.2. The number of methoxy groups -OCH3 is 1. The molecule has 1 aromatic heterocycles. The molecule has 0 aliphatic carbocycles. The lowest BCUT2D eigenvalue weighted by molar-refractivity contribution is 0.0764. The van der Waals surface area contributed by atoms with Crippen molar-refractivity contribution in [2.75, 3.05) is 27.2 Å². The Morgan fingerprint density at radius 3 is 3.16 bits per heavy atom. The summed E-state index contributed by atoms with van der Waals surface area (Å²) in [6, 6.07) is 2.02. The Morgan fingerprint density at radius 2 is 2.47 bits per heavy atom. The van der Waals surface area contributed by atoms with E-state index < -0.39 is 0 Å². The molecule has 1 aliphatic heterocycles. The standard InChI is InChI=1S/C13H21N3O3/c1-16(8-10-5-3-4-6-14-10)13(17)12-7-11(9-18-2)19-15-12/h7,10,14H,3-6,8-9H2,1-2H3. The molecule has 6 nitrogen and oxygen atoms in total. The number of carbonyl (C=O) groups excluding carboxylic acids is 1. The summed E-state index contributed by atoms with van der Waals surface area (Å²) in [4.78, 5) is 13.9. The fourth-order valence-corrected chi connectivity index (χ4v) is 2.31. The van der Waals surface area contributed by atoms with Crippen LogP contribution in [-0.4, -0.2) is 49.3 Å². The van der Waals surface area contributed by atoms with E-state index in [0.29, 0.717) is 30.6 Å². The second-order valence-electron chi connectivity index (χ2n) is 4.94. The molecule has 0 bridgehead atoms. The predicted molar refractivity (Wildman–Crippen MR) is 69.8 cm³/mol. The third-order valence-electron chi connectivity index (χ3n) is 3.32. The van der Waals surface area contributed by atoms with Crippen LogP contribution in [0.25, 0.3) is 0 Å². The monoisotopic (exact) mass is 267 g/mol. The number of hydrogen-bond donors (Lipinski definition) is 1. The molecule has 1 fully saturated rings. The van der Waals surface area contributed by atoms with Crippen LogP contribution in [0.3, 0.4) is 0 Å². The molecule has 0 saturated carbocycles. The second-order valence-corrected chi connectivity index (χ2v) is 4.94. The topological polar surface area (TPSA) is 67.6 Å². The largest absolute Gasteiger partial charge is 0.377 e. The first-order valence-electron chi connectivity index (χ1n) is 6.64. The van der Waals surface area contributed by atoms with Crippen LogP contribution >= 0.6 is 0 Å². The number of likely N-dealkylation sites (N-methyl/N-ethyl adjacent to an activating group) is 1. The van der Waals surface area contributed by atoms with E-state index in [4.69, 9.17) is 9.26 Å². The average molecular weight is 267 g/mol. The van der Waals surface area contributed by atoms with Gasteiger partial charge in [-0.1, -0.05) is 11.6 Å². The fourth-order valence-electron chi connectivity index (χ4n) is 2.31. The van der Waals surface area contributed by atoms with Crippen LogP contribution in [0.15, 0.2) is 10.6 Å². The van der Waals surface area contributed by atoms with Crippen molar-refractivity contribution in [3.63, 3.8) is 0 Å². The molecule has 1 amide bonds. The van der Waals surface area contributed by atoms with Gasteiger partial charge in [0.25, 0.3) is 5.91 Å². The Bertz CT molecular complexity index is 413. The highest BCUT2D eigenvalue weighted by Crippen LogP contribution is 2.11. The van der Waals surface area contributed by atoms with Crippen LogP contribution in [0, 0.1) is 0 Å². The summed E-state index contributed by atoms with van der Waals surface area (Å²) in [5, 5.41) is 7.21. The predicted octanol–water partition coefficient (Wildman–Crippen LogP) is 1.04. The summed E-state index contributed by atoms with van der Waals surface area (Å²) in [6.45, 7) is 2.06. The van der Waals surface area contributed by atoms with E-state index in [0.717, 1.165) is 13.0 Å². The molecule has 0 radical (unpaired) electrons. The number of piperidine rings is 1. The van der Waals surface area contributed by atoms with Gasteiger partial charge in [0.1, 0.15) is 6.61 Å². The molecule has 0 aromatic carbocycles. The third-order valence-corrected chi connectivity index (χ3v) is 3.32. The average Bonchev–Trinajstić information content (AvgIpc) is 2.88. The van der Waals surface area contributed by atoms with Crippen molar-refractivity contribution in [2.45, 2.75) is 31.9 Å². The number of carbonyl (C=O) groups is 1. The Kier molecular flexibility index (Phi) is 4.93. The van der Waals surface area contributed by atoms with Crippen molar-refractivity contribution < 1.29 is 14.1 Å². The number of amides is 1. The minimum Gasteiger partial charge on any atom is -0.377 e. The van der Waals surface area contributed by atoms with Gasteiger partial charge in [-0.2, -0.15) is 0 Å². The quantitative estimate of drug-likeness (QED) is 0.863. The van der Waals surface area contributed by atoms with E-state index in [1.807, 2.05) is 0 Å². The highest BCUT2D eigenvalue weighted by molar-refractivity contribution is 5.92. The summed E-state index contributed by atoms with van der Waals surface area (Å²) < 4.78 is 9.96. The van der Waals surface area contributed by atoms with Crippen molar-refractivity contribution >= 4 is 5.91 Å².